The van der Waals surface area contributed by atoms with Gasteiger partial charge in [-0.05, 0) is 11.4 Å². The quantitative estimate of drug-likeness (QED) is 0.837. The lowest BCUT2D eigenvalue weighted by atomic mass is 9.92. The average molecular weight is 314 g/mol. The molecule has 1 N–H and O–H groups in total. The zero-order chi connectivity index (χ0) is 15.3. The molecular weight excluding hydrogens is 295 g/mol. The van der Waals surface area contributed by atoms with Gasteiger partial charge in [0.1, 0.15) is 0 Å². The Hall–Kier alpha value is -1.47. The van der Waals surface area contributed by atoms with E-state index in [2.05, 4.69) is 5.32 Å². The summed E-state index contributed by atoms with van der Waals surface area (Å²) in [6.45, 7) is 1.15. The van der Waals surface area contributed by atoms with Crippen LogP contribution in [-0.2, 0) is 9.53 Å². The molecule has 116 valence electrons. The molecule has 1 saturated heterocycles. The highest BCUT2D eigenvalue weighted by Gasteiger charge is 2.42. The zero-order valence-electron chi connectivity index (χ0n) is 11.9. The molecule has 0 bridgehead atoms. The normalized spacial score (nSPS) is 17.5. The van der Waals surface area contributed by atoms with Gasteiger partial charge in [0.15, 0.2) is 5.67 Å². The van der Waals surface area contributed by atoms with E-state index in [0.717, 1.165) is 0 Å². The van der Waals surface area contributed by atoms with Crippen LogP contribution in [0.2, 0.25) is 0 Å². The first-order valence-corrected chi connectivity index (χ1v) is 7.74. The van der Waals surface area contributed by atoms with Crippen molar-refractivity contribution in [3.8, 4) is 0 Å². The van der Waals surface area contributed by atoms with Crippen LogP contribution < -0.4 is 5.32 Å². The number of nitrogens with one attached hydrogen (secondary N) is 1. The molecule has 1 aliphatic rings. The Morgan fingerprint density at radius 1 is 1.48 bits per heavy atom. The fourth-order valence-electron chi connectivity index (χ4n) is 2.27. The summed E-state index contributed by atoms with van der Waals surface area (Å²) in [4.78, 5) is 26.3. The summed E-state index contributed by atoms with van der Waals surface area (Å²) in [5, 5.41) is 4.36. The van der Waals surface area contributed by atoms with Gasteiger partial charge in [-0.2, -0.15) is 0 Å². The third kappa shape index (κ3) is 3.79. The molecule has 1 aromatic rings. The SMILES string of the molecule is COCCNC(=O)C1(F)CCN(C(=O)c2cccs2)CC1. The van der Waals surface area contributed by atoms with Crippen molar-refractivity contribution in [2.24, 2.45) is 0 Å². The van der Waals surface area contributed by atoms with E-state index in [1.165, 1.54) is 18.4 Å². The fourth-order valence-corrected chi connectivity index (χ4v) is 2.96. The summed E-state index contributed by atoms with van der Waals surface area (Å²) < 4.78 is 19.4. The zero-order valence-corrected chi connectivity index (χ0v) is 12.7. The second-order valence-corrected chi connectivity index (χ2v) is 5.93. The van der Waals surface area contributed by atoms with Crippen molar-refractivity contribution in [1.82, 2.24) is 10.2 Å². The minimum absolute atomic E-state index is 0.0307. The van der Waals surface area contributed by atoms with Crippen molar-refractivity contribution in [2.45, 2.75) is 18.5 Å². The average Bonchev–Trinajstić information content (AvgIpc) is 3.01. The Morgan fingerprint density at radius 3 is 2.76 bits per heavy atom. The molecule has 2 heterocycles. The smallest absolute Gasteiger partial charge is 0.263 e. The molecule has 5 nitrogen and oxygen atoms in total. The summed E-state index contributed by atoms with van der Waals surface area (Å²) in [5.74, 6) is -0.699. The third-order valence-corrected chi connectivity index (χ3v) is 4.43. The number of nitrogens with zero attached hydrogens (tertiary/aromatic N) is 1. The van der Waals surface area contributed by atoms with Gasteiger partial charge < -0.3 is 15.0 Å². The van der Waals surface area contributed by atoms with Crippen molar-refractivity contribution in [1.29, 1.82) is 0 Å². The Morgan fingerprint density at radius 2 is 2.19 bits per heavy atom. The largest absolute Gasteiger partial charge is 0.383 e. The molecule has 2 amide bonds. The van der Waals surface area contributed by atoms with Gasteiger partial charge in [0, 0.05) is 39.6 Å². The van der Waals surface area contributed by atoms with Crippen molar-refractivity contribution in [3.05, 3.63) is 22.4 Å². The number of alkyl halides is 1. The monoisotopic (exact) mass is 314 g/mol. The van der Waals surface area contributed by atoms with E-state index >= 15 is 0 Å². The minimum Gasteiger partial charge on any atom is -0.383 e. The van der Waals surface area contributed by atoms with Gasteiger partial charge in [-0.3, -0.25) is 9.59 Å². The highest BCUT2D eigenvalue weighted by atomic mass is 32.1. The van der Waals surface area contributed by atoms with Crippen LogP contribution in [0.25, 0.3) is 0 Å². The van der Waals surface area contributed by atoms with Gasteiger partial charge in [0.25, 0.3) is 11.8 Å². The number of rotatable bonds is 5. The molecule has 0 aromatic carbocycles. The highest BCUT2D eigenvalue weighted by molar-refractivity contribution is 7.12. The maximum Gasteiger partial charge on any atom is 0.263 e. The van der Waals surface area contributed by atoms with E-state index in [1.54, 1.807) is 11.0 Å². The van der Waals surface area contributed by atoms with E-state index in [-0.39, 0.29) is 31.8 Å². The van der Waals surface area contributed by atoms with Crippen molar-refractivity contribution in [2.75, 3.05) is 33.4 Å². The number of carbonyl (C=O) groups excluding carboxylic acids is 2. The second-order valence-electron chi connectivity index (χ2n) is 4.98. The standard InChI is InChI=1S/C14H19FN2O3S/c1-20-9-6-16-13(19)14(15)4-7-17(8-5-14)12(18)11-3-2-10-21-11/h2-3,10H,4-9H2,1H3,(H,16,19). The van der Waals surface area contributed by atoms with E-state index in [9.17, 15) is 14.0 Å². The summed E-state index contributed by atoms with van der Waals surface area (Å²) in [5.41, 5.74) is -1.89. The molecule has 7 heteroatoms. The highest BCUT2D eigenvalue weighted by Crippen LogP contribution is 2.28. The first-order valence-electron chi connectivity index (χ1n) is 6.86. The maximum atomic E-state index is 14.6. The van der Waals surface area contributed by atoms with Crippen LogP contribution in [0.1, 0.15) is 22.5 Å². The summed E-state index contributed by atoms with van der Waals surface area (Å²) >= 11 is 1.37. The molecule has 0 radical (unpaired) electrons. The van der Waals surface area contributed by atoms with Gasteiger partial charge >= 0.3 is 0 Å². The van der Waals surface area contributed by atoms with E-state index in [1.807, 2.05) is 11.4 Å². The Kier molecular flexibility index (Phi) is 5.30. The van der Waals surface area contributed by atoms with Gasteiger partial charge in [-0.25, -0.2) is 4.39 Å². The second kappa shape index (κ2) is 7.00. The number of halogens is 1. The molecule has 0 saturated carbocycles. The van der Waals surface area contributed by atoms with Crippen LogP contribution in [0.3, 0.4) is 0 Å². The van der Waals surface area contributed by atoms with E-state index < -0.39 is 11.6 Å². The van der Waals surface area contributed by atoms with Crippen LogP contribution in [0.4, 0.5) is 4.39 Å². The first kappa shape index (κ1) is 15.9. The number of hydrogen-bond acceptors (Lipinski definition) is 4. The first-order chi connectivity index (χ1) is 10.1. The predicted octanol–water partition coefficient (Wildman–Crippen LogP) is 1.45. The van der Waals surface area contributed by atoms with Crippen molar-refractivity contribution < 1.29 is 18.7 Å². The molecular formula is C14H19FN2O3S. The number of hydrogen-bond donors (Lipinski definition) is 1. The number of methoxy groups -OCH3 is 1. The fraction of sp³-hybridized carbons (Fsp3) is 0.571. The Bertz CT molecular complexity index is 484. The van der Waals surface area contributed by atoms with Gasteiger partial charge in [-0.15, -0.1) is 11.3 Å². The molecule has 0 aliphatic carbocycles. The third-order valence-electron chi connectivity index (χ3n) is 3.57. The molecule has 0 spiro atoms. The van der Waals surface area contributed by atoms with Crippen molar-refractivity contribution >= 4 is 23.2 Å². The van der Waals surface area contributed by atoms with Gasteiger partial charge in [0.05, 0.1) is 11.5 Å². The topological polar surface area (TPSA) is 58.6 Å². The number of amides is 2. The number of thiophene rings is 1. The molecule has 1 fully saturated rings. The van der Waals surface area contributed by atoms with Crippen LogP contribution in [-0.4, -0.2) is 55.7 Å². The molecule has 1 aromatic heterocycles. The Balaban J connectivity index is 1.87. The summed E-state index contributed by atoms with van der Waals surface area (Å²) in [6.07, 6.45) is 0.0614. The van der Waals surface area contributed by atoms with Crippen LogP contribution in [0.5, 0.6) is 0 Å². The number of likely N-dealkylation sites (tertiary alicyclic amines) is 1. The lowest BCUT2D eigenvalue weighted by Gasteiger charge is -2.35. The van der Waals surface area contributed by atoms with E-state index in [4.69, 9.17) is 4.74 Å². The van der Waals surface area contributed by atoms with E-state index in [0.29, 0.717) is 18.0 Å². The lowest BCUT2D eigenvalue weighted by Crippen LogP contribution is -2.52. The number of piperidine rings is 1. The lowest BCUT2D eigenvalue weighted by molar-refractivity contribution is -0.135. The molecule has 2 rings (SSSR count). The van der Waals surface area contributed by atoms with Crippen molar-refractivity contribution in [3.63, 3.8) is 0 Å². The maximum absolute atomic E-state index is 14.6. The predicted molar refractivity (Wildman–Crippen MR) is 78.2 cm³/mol. The number of ether oxygens (including phenoxy) is 1. The Labute approximate surface area is 127 Å². The van der Waals surface area contributed by atoms with Crippen LogP contribution in [0.15, 0.2) is 17.5 Å². The molecule has 21 heavy (non-hydrogen) atoms. The van der Waals surface area contributed by atoms with Crippen LogP contribution >= 0.6 is 11.3 Å². The number of carbonyl (C=O) groups is 2. The molecule has 0 atom stereocenters. The molecule has 0 unspecified atom stereocenters. The van der Waals surface area contributed by atoms with Gasteiger partial charge in [-0.1, -0.05) is 6.07 Å². The summed E-state index contributed by atoms with van der Waals surface area (Å²) in [7, 11) is 1.52. The summed E-state index contributed by atoms with van der Waals surface area (Å²) in [6, 6.07) is 3.56. The van der Waals surface area contributed by atoms with Crippen LogP contribution in [0, 0.1) is 0 Å². The minimum atomic E-state index is -1.89. The van der Waals surface area contributed by atoms with Gasteiger partial charge in [0.2, 0.25) is 0 Å². The molecule has 1 aliphatic heterocycles.